The molecule has 0 aliphatic heterocycles. The number of aromatic nitrogens is 2. The predicted molar refractivity (Wildman–Crippen MR) is 52.0 cm³/mol. The number of rotatable bonds is 4. The molecule has 1 aromatic rings. The maximum absolute atomic E-state index is 8.61. The van der Waals surface area contributed by atoms with Crippen molar-refractivity contribution in [3.05, 3.63) is 16.8 Å². The number of hydrogen-bond acceptors (Lipinski definition) is 5. The van der Waals surface area contributed by atoms with E-state index in [-0.39, 0.29) is 13.2 Å². The fourth-order valence-electron chi connectivity index (χ4n) is 1.13. The molecular weight excluding hydrogens is 182 g/mol. The smallest absolute Gasteiger partial charge is 0.238 e. The van der Waals surface area contributed by atoms with Gasteiger partial charge in [-0.2, -0.15) is 5.10 Å². The van der Waals surface area contributed by atoms with Crippen LogP contribution in [-0.2, 0) is 6.54 Å². The molecule has 1 rings (SSSR count). The largest absolute Gasteiger partial charge is 0.474 e. The third-order valence-electron chi connectivity index (χ3n) is 2.08. The first kappa shape index (κ1) is 10.9. The summed E-state index contributed by atoms with van der Waals surface area (Å²) >= 11 is 0. The van der Waals surface area contributed by atoms with Gasteiger partial charge in [0.2, 0.25) is 5.88 Å². The molecule has 0 aromatic carbocycles. The van der Waals surface area contributed by atoms with Gasteiger partial charge >= 0.3 is 0 Å². The van der Waals surface area contributed by atoms with Crippen LogP contribution in [0.1, 0.15) is 16.8 Å². The van der Waals surface area contributed by atoms with Crippen LogP contribution in [-0.4, -0.2) is 28.5 Å². The Morgan fingerprint density at radius 3 is 2.64 bits per heavy atom. The minimum atomic E-state index is -0.0430. The number of nitrogens with zero attached hydrogens (tertiary/aromatic N) is 2. The van der Waals surface area contributed by atoms with Crippen molar-refractivity contribution in [2.24, 2.45) is 5.73 Å². The lowest BCUT2D eigenvalue weighted by molar-refractivity contribution is 0.194. The van der Waals surface area contributed by atoms with Crippen molar-refractivity contribution >= 4 is 0 Å². The van der Waals surface area contributed by atoms with Gasteiger partial charge < -0.3 is 15.6 Å². The number of aliphatic hydroxyl groups excluding tert-OH is 1. The van der Waals surface area contributed by atoms with Crippen LogP contribution in [0, 0.1) is 13.8 Å². The van der Waals surface area contributed by atoms with Crippen LogP contribution < -0.4 is 10.5 Å². The minimum absolute atomic E-state index is 0.0430. The molecule has 0 amide bonds. The van der Waals surface area contributed by atoms with Crippen molar-refractivity contribution in [2.75, 3.05) is 13.2 Å². The van der Waals surface area contributed by atoms with Gasteiger partial charge in [-0.1, -0.05) is 0 Å². The van der Waals surface area contributed by atoms with E-state index in [4.69, 9.17) is 15.6 Å². The highest BCUT2D eigenvalue weighted by atomic mass is 16.5. The van der Waals surface area contributed by atoms with Crippen molar-refractivity contribution in [3.8, 4) is 5.88 Å². The first-order valence-electron chi connectivity index (χ1n) is 4.47. The highest BCUT2D eigenvalue weighted by Gasteiger charge is 2.10. The molecule has 0 fully saturated rings. The monoisotopic (exact) mass is 197 g/mol. The zero-order valence-corrected chi connectivity index (χ0v) is 8.45. The van der Waals surface area contributed by atoms with E-state index in [1.165, 1.54) is 0 Å². The summed E-state index contributed by atoms with van der Waals surface area (Å²) in [5, 5.41) is 16.4. The summed E-state index contributed by atoms with van der Waals surface area (Å²) in [6, 6.07) is 0. The average molecular weight is 197 g/mol. The van der Waals surface area contributed by atoms with Gasteiger partial charge in [-0.25, -0.2) is 0 Å². The Kier molecular flexibility index (Phi) is 3.79. The molecule has 78 valence electrons. The summed E-state index contributed by atoms with van der Waals surface area (Å²) in [7, 11) is 0. The lowest BCUT2D eigenvalue weighted by Crippen LogP contribution is -2.11. The third kappa shape index (κ3) is 2.18. The summed E-state index contributed by atoms with van der Waals surface area (Å²) in [4.78, 5) is 0. The van der Waals surface area contributed by atoms with E-state index < -0.39 is 0 Å². The quantitative estimate of drug-likeness (QED) is 0.705. The van der Waals surface area contributed by atoms with Crippen molar-refractivity contribution in [1.82, 2.24) is 10.2 Å². The summed E-state index contributed by atoms with van der Waals surface area (Å²) in [5.41, 5.74) is 8.28. The Morgan fingerprint density at radius 1 is 1.36 bits per heavy atom. The molecular formula is C9H15N3O2. The molecule has 0 aliphatic rings. The van der Waals surface area contributed by atoms with E-state index in [1.54, 1.807) is 0 Å². The number of nitrogens with two attached hydrogens (primary N) is 1. The minimum Gasteiger partial charge on any atom is -0.474 e. The maximum Gasteiger partial charge on any atom is 0.238 e. The van der Waals surface area contributed by atoms with E-state index >= 15 is 0 Å². The van der Waals surface area contributed by atoms with Crippen molar-refractivity contribution in [2.45, 2.75) is 20.4 Å². The molecule has 0 spiro atoms. The molecule has 0 saturated carbocycles. The lowest BCUT2D eigenvalue weighted by Gasteiger charge is -2.10. The molecule has 14 heavy (non-hydrogen) atoms. The zero-order valence-electron chi connectivity index (χ0n) is 8.45. The lowest BCUT2D eigenvalue weighted by atomic mass is 10.1. The second-order valence-electron chi connectivity index (χ2n) is 2.97. The van der Waals surface area contributed by atoms with Crippen LogP contribution in [0.25, 0.3) is 0 Å². The Bertz CT molecular complexity index is 315. The van der Waals surface area contributed by atoms with Gasteiger partial charge in [0.1, 0.15) is 6.61 Å². The van der Waals surface area contributed by atoms with Gasteiger partial charge in [0, 0.05) is 12.1 Å². The fraction of sp³-hybridized carbons (Fsp3) is 0.556. The third-order valence-corrected chi connectivity index (χ3v) is 2.08. The van der Waals surface area contributed by atoms with Crippen molar-refractivity contribution in [3.63, 3.8) is 0 Å². The Labute approximate surface area is 82.9 Å². The highest BCUT2D eigenvalue weighted by Crippen LogP contribution is 2.19. The SMILES string of the molecule is Cc1nnc(OCCO)c(CN)c1C. The van der Waals surface area contributed by atoms with Gasteiger partial charge in [-0.15, -0.1) is 5.10 Å². The Hall–Kier alpha value is -1.20. The summed E-state index contributed by atoms with van der Waals surface area (Å²) in [6.45, 7) is 4.33. The van der Waals surface area contributed by atoms with Gasteiger partial charge in [0.05, 0.1) is 12.3 Å². The normalized spacial score (nSPS) is 10.3. The van der Waals surface area contributed by atoms with Crippen LogP contribution in [0.4, 0.5) is 0 Å². The maximum atomic E-state index is 8.61. The molecule has 0 saturated heterocycles. The fourth-order valence-corrected chi connectivity index (χ4v) is 1.13. The number of aryl methyl sites for hydroxylation is 1. The first-order chi connectivity index (χ1) is 6.70. The van der Waals surface area contributed by atoms with Crippen molar-refractivity contribution < 1.29 is 9.84 Å². The van der Waals surface area contributed by atoms with E-state index in [0.717, 1.165) is 16.8 Å². The van der Waals surface area contributed by atoms with E-state index in [0.29, 0.717) is 12.4 Å². The van der Waals surface area contributed by atoms with E-state index in [1.807, 2.05) is 13.8 Å². The van der Waals surface area contributed by atoms with E-state index in [2.05, 4.69) is 10.2 Å². The Morgan fingerprint density at radius 2 is 2.07 bits per heavy atom. The molecule has 1 heterocycles. The second kappa shape index (κ2) is 4.88. The molecule has 1 aromatic heterocycles. The van der Waals surface area contributed by atoms with Gasteiger partial charge in [-0.05, 0) is 19.4 Å². The van der Waals surface area contributed by atoms with Crippen LogP contribution >= 0.6 is 0 Å². The van der Waals surface area contributed by atoms with Crippen LogP contribution in [0.15, 0.2) is 0 Å². The van der Waals surface area contributed by atoms with Crippen LogP contribution in [0.3, 0.4) is 0 Å². The first-order valence-corrected chi connectivity index (χ1v) is 4.47. The number of ether oxygens (including phenoxy) is 1. The molecule has 0 bridgehead atoms. The standard InChI is InChI=1S/C9H15N3O2/c1-6-7(2)11-12-9(8(6)5-10)14-4-3-13/h13H,3-5,10H2,1-2H3. The average Bonchev–Trinajstić information content (AvgIpc) is 2.20. The second-order valence-corrected chi connectivity index (χ2v) is 2.97. The van der Waals surface area contributed by atoms with Crippen molar-refractivity contribution in [1.29, 1.82) is 0 Å². The highest BCUT2D eigenvalue weighted by molar-refractivity contribution is 5.34. The molecule has 0 radical (unpaired) electrons. The number of aliphatic hydroxyl groups is 1. The molecule has 5 heteroatoms. The van der Waals surface area contributed by atoms with Gasteiger partial charge in [-0.3, -0.25) is 0 Å². The van der Waals surface area contributed by atoms with E-state index in [9.17, 15) is 0 Å². The predicted octanol–water partition coefficient (Wildman–Crippen LogP) is -0.0768. The van der Waals surface area contributed by atoms with Crippen LogP contribution in [0.2, 0.25) is 0 Å². The molecule has 3 N–H and O–H groups in total. The molecule has 0 aliphatic carbocycles. The number of hydrogen-bond donors (Lipinski definition) is 2. The van der Waals surface area contributed by atoms with Gasteiger partial charge in [0.25, 0.3) is 0 Å². The zero-order chi connectivity index (χ0) is 10.6. The topological polar surface area (TPSA) is 81.3 Å². The molecule has 0 atom stereocenters. The Balaban J connectivity index is 2.98. The molecule has 5 nitrogen and oxygen atoms in total. The van der Waals surface area contributed by atoms with Gasteiger partial charge in [0.15, 0.2) is 0 Å². The van der Waals surface area contributed by atoms with Crippen LogP contribution in [0.5, 0.6) is 5.88 Å². The summed E-state index contributed by atoms with van der Waals surface area (Å²) in [6.07, 6.45) is 0. The molecule has 0 unspecified atom stereocenters. The summed E-state index contributed by atoms with van der Waals surface area (Å²) < 4.78 is 5.21. The summed E-state index contributed by atoms with van der Waals surface area (Å²) in [5.74, 6) is 0.421.